The molecule has 3 amide bonds. The fourth-order valence-corrected chi connectivity index (χ4v) is 3.82. The number of para-hydroxylation sites is 1. The van der Waals surface area contributed by atoms with Crippen LogP contribution in [-0.4, -0.2) is 39.0 Å². The zero-order chi connectivity index (χ0) is 25.1. The monoisotopic (exact) mass is 491 g/mol. The molecule has 0 atom stereocenters. The molecule has 4 rings (SSSR count). The first-order valence-corrected chi connectivity index (χ1v) is 10.9. The number of hydrogen-bond donors (Lipinski definition) is 1. The average Bonchev–Trinajstić information content (AvgIpc) is 3.11. The summed E-state index contributed by atoms with van der Waals surface area (Å²) in [4.78, 5) is 41.2. The largest absolute Gasteiger partial charge is 0.497 e. The Morgan fingerprint density at radius 2 is 1.60 bits per heavy atom. The first-order chi connectivity index (χ1) is 16.8. The molecule has 0 unspecified atom stereocenters. The third-order valence-corrected chi connectivity index (χ3v) is 5.86. The van der Waals surface area contributed by atoms with Gasteiger partial charge in [-0.05, 0) is 48.5 Å². The maximum absolute atomic E-state index is 13.1. The van der Waals surface area contributed by atoms with Gasteiger partial charge in [-0.1, -0.05) is 29.8 Å². The molecule has 178 valence electrons. The second-order valence-corrected chi connectivity index (χ2v) is 7.95. The van der Waals surface area contributed by atoms with E-state index in [-0.39, 0.29) is 28.1 Å². The molecule has 35 heavy (non-hydrogen) atoms. The number of hydrogen-bond acceptors (Lipinski definition) is 6. The van der Waals surface area contributed by atoms with Crippen LogP contribution >= 0.6 is 11.6 Å². The number of imide groups is 1. The van der Waals surface area contributed by atoms with E-state index in [2.05, 4.69) is 5.32 Å². The summed E-state index contributed by atoms with van der Waals surface area (Å²) in [6.07, 6.45) is 0. The minimum Gasteiger partial charge on any atom is -0.497 e. The molecule has 0 saturated carbocycles. The summed E-state index contributed by atoms with van der Waals surface area (Å²) < 4.78 is 10.5. The van der Waals surface area contributed by atoms with Gasteiger partial charge in [-0.2, -0.15) is 0 Å². The Balaban J connectivity index is 1.53. The van der Waals surface area contributed by atoms with Crippen LogP contribution in [0.2, 0.25) is 0 Å². The van der Waals surface area contributed by atoms with Crippen molar-refractivity contribution in [2.75, 3.05) is 36.4 Å². The highest BCUT2D eigenvalue weighted by molar-refractivity contribution is 6.53. The van der Waals surface area contributed by atoms with E-state index in [4.69, 9.17) is 21.1 Å². The molecule has 0 saturated heterocycles. The van der Waals surface area contributed by atoms with E-state index in [0.29, 0.717) is 17.0 Å². The summed E-state index contributed by atoms with van der Waals surface area (Å²) in [7, 11) is 4.62. The Labute approximate surface area is 207 Å². The number of halogens is 1. The lowest BCUT2D eigenvalue weighted by Gasteiger charge is -2.19. The molecule has 0 aliphatic carbocycles. The van der Waals surface area contributed by atoms with Crippen LogP contribution in [0.4, 0.5) is 17.1 Å². The molecule has 1 aliphatic rings. The SMILES string of the molecule is COc1ccc(N2C(=O)C(Cl)=C(Nc3ccc(C(=O)N(C)c4ccccc4)cc3)C2=O)c(OC)c1. The summed E-state index contributed by atoms with van der Waals surface area (Å²) >= 11 is 6.24. The molecule has 0 aromatic heterocycles. The van der Waals surface area contributed by atoms with Crippen molar-refractivity contribution in [1.82, 2.24) is 0 Å². The van der Waals surface area contributed by atoms with Gasteiger partial charge in [0, 0.05) is 30.1 Å². The van der Waals surface area contributed by atoms with Gasteiger partial charge in [0.1, 0.15) is 22.2 Å². The number of carbonyl (C=O) groups is 3. The first kappa shape index (κ1) is 23.8. The zero-order valence-corrected chi connectivity index (χ0v) is 20.0. The summed E-state index contributed by atoms with van der Waals surface area (Å²) in [5, 5.41) is 2.65. The molecular formula is C26H22ClN3O5. The number of benzene rings is 3. The number of ether oxygens (including phenoxy) is 2. The minimum atomic E-state index is -0.682. The quantitative estimate of drug-likeness (QED) is 0.492. The summed E-state index contributed by atoms with van der Waals surface area (Å²) in [6.45, 7) is 0. The van der Waals surface area contributed by atoms with E-state index in [1.165, 1.54) is 14.2 Å². The molecular weight excluding hydrogens is 470 g/mol. The van der Waals surface area contributed by atoms with Crippen molar-refractivity contribution in [2.45, 2.75) is 0 Å². The van der Waals surface area contributed by atoms with Gasteiger partial charge in [-0.3, -0.25) is 14.4 Å². The van der Waals surface area contributed by atoms with Crippen molar-refractivity contribution in [1.29, 1.82) is 0 Å². The summed E-state index contributed by atoms with van der Waals surface area (Å²) in [6, 6.07) is 20.5. The highest BCUT2D eigenvalue weighted by Crippen LogP contribution is 2.37. The number of methoxy groups -OCH3 is 2. The van der Waals surface area contributed by atoms with Crippen LogP contribution in [0.3, 0.4) is 0 Å². The Morgan fingerprint density at radius 3 is 2.23 bits per heavy atom. The maximum Gasteiger partial charge on any atom is 0.283 e. The van der Waals surface area contributed by atoms with Crippen molar-refractivity contribution >= 4 is 46.4 Å². The van der Waals surface area contributed by atoms with E-state index in [1.807, 2.05) is 30.3 Å². The highest BCUT2D eigenvalue weighted by Gasteiger charge is 2.40. The highest BCUT2D eigenvalue weighted by atomic mass is 35.5. The maximum atomic E-state index is 13.1. The van der Waals surface area contributed by atoms with Crippen molar-refractivity contribution in [3.63, 3.8) is 0 Å². The third-order valence-electron chi connectivity index (χ3n) is 5.50. The van der Waals surface area contributed by atoms with Gasteiger partial charge in [0.2, 0.25) is 0 Å². The van der Waals surface area contributed by atoms with Gasteiger partial charge in [0.25, 0.3) is 17.7 Å². The van der Waals surface area contributed by atoms with Gasteiger partial charge in [-0.25, -0.2) is 4.90 Å². The van der Waals surface area contributed by atoms with Crippen LogP contribution < -0.4 is 24.6 Å². The van der Waals surface area contributed by atoms with Crippen LogP contribution in [0.1, 0.15) is 10.4 Å². The van der Waals surface area contributed by atoms with Gasteiger partial charge >= 0.3 is 0 Å². The molecule has 8 nitrogen and oxygen atoms in total. The second kappa shape index (κ2) is 9.90. The standard InChI is InChI=1S/C26H22ClN3O5/c1-29(18-7-5-4-6-8-18)24(31)16-9-11-17(12-10-16)28-23-22(27)25(32)30(26(23)33)20-14-13-19(34-2)15-21(20)35-3/h4-15,28H,1-3H3. The molecule has 0 bridgehead atoms. The Bertz CT molecular complexity index is 1320. The van der Waals surface area contributed by atoms with E-state index < -0.39 is 11.8 Å². The zero-order valence-electron chi connectivity index (χ0n) is 19.2. The van der Waals surface area contributed by atoms with Crippen molar-refractivity contribution in [2.24, 2.45) is 0 Å². The topological polar surface area (TPSA) is 88.2 Å². The summed E-state index contributed by atoms with van der Waals surface area (Å²) in [5.74, 6) is -0.715. The number of rotatable bonds is 7. The number of amides is 3. The minimum absolute atomic E-state index is 0.0741. The first-order valence-electron chi connectivity index (χ1n) is 10.6. The number of carbonyl (C=O) groups excluding carboxylic acids is 3. The van der Waals surface area contributed by atoms with Gasteiger partial charge in [0.15, 0.2) is 0 Å². The molecule has 0 fully saturated rings. The van der Waals surface area contributed by atoms with Crippen LogP contribution in [0.5, 0.6) is 11.5 Å². The molecule has 3 aromatic carbocycles. The fraction of sp³-hybridized carbons (Fsp3) is 0.115. The Morgan fingerprint density at radius 1 is 0.914 bits per heavy atom. The van der Waals surface area contributed by atoms with Gasteiger partial charge < -0.3 is 19.7 Å². The number of nitrogens with one attached hydrogen (secondary N) is 1. The van der Waals surface area contributed by atoms with Crippen molar-refractivity contribution in [3.05, 3.63) is 89.1 Å². The predicted octanol–water partition coefficient (Wildman–Crippen LogP) is 4.42. The summed E-state index contributed by atoms with van der Waals surface area (Å²) in [5.41, 5.74) is 1.88. The van der Waals surface area contributed by atoms with Gasteiger partial charge in [0.05, 0.1) is 19.9 Å². The second-order valence-electron chi connectivity index (χ2n) is 7.57. The van der Waals surface area contributed by atoms with E-state index >= 15 is 0 Å². The van der Waals surface area contributed by atoms with Crippen LogP contribution in [0, 0.1) is 0 Å². The van der Waals surface area contributed by atoms with E-state index in [0.717, 1.165) is 10.6 Å². The lowest BCUT2D eigenvalue weighted by molar-refractivity contribution is -0.120. The predicted molar refractivity (Wildman–Crippen MR) is 134 cm³/mol. The van der Waals surface area contributed by atoms with Crippen molar-refractivity contribution in [3.8, 4) is 11.5 Å². The molecule has 3 aromatic rings. The van der Waals surface area contributed by atoms with E-state index in [9.17, 15) is 14.4 Å². The fourth-order valence-electron chi connectivity index (χ4n) is 3.60. The molecule has 1 N–H and O–H groups in total. The molecule has 1 aliphatic heterocycles. The number of anilines is 3. The van der Waals surface area contributed by atoms with Crippen LogP contribution in [-0.2, 0) is 9.59 Å². The van der Waals surface area contributed by atoms with Crippen LogP contribution in [0.25, 0.3) is 0 Å². The molecule has 1 heterocycles. The van der Waals surface area contributed by atoms with Crippen LogP contribution in [0.15, 0.2) is 83.5 Å². The smallest absolute Gasteiger partial charge is 0.283 e. The Hall–Kier alpha value is -4.30. The van der Waals surface area contributed by atoms with Crippen molar-refractivity contribution < 1.29 is 23.9 Å². The lowest BCUT2D eigenvalue weighted by atomic mass is 10.1. The van der Waals surface area contributed by atoms with E-state index in [1.54, 1.807) is 54.4 Å². The van der Waals surface area contributed by atoms with Gasteiger partial charge in [-0.15, -0.1) is 0 Å². The molecule has 9 heteroatoms. The molecule has 0 radical (unpaired) electrons. The third kappa shape index (κ3) is 4.56. The molecule has 0 spiro atoms. The average molecular weight is 492 g/mol. The normalized spacial score (nSPS) is 13.2. The Kier molecular flexibility index (Phi) is 6.75. The lowest BCUT2D eigenvalue weighted by Crippen LogP contribution is -2.32. The number of nitrogens with zero attached hydrogens (tertiary/aromatic N) is 2.